The van der Waals surface area contributed by atoms with Gasteiger partial charge < -0.3 is 9.26 Å². The summed E-state index contributed by atoms with van der Waals surface area (Å²) >= 11 is 6.03. The second kappa shape index (κ2) is 7.94. The number of ether oxygens (including phenoxy) is 1. The van der Waals surface area contributed by atoms with Gasteiger partial charge in [0.1, 0.15) is 11.5 Å². The first-order valence-electron chi connectivity index (χ1n) is 9.42. The molecule has 1 unspecified atom stereocenters. The molecule has 1 aromatic heterocycles. The molecular formula is C21H22ClN3O4S. The monoisotopic (exact) mass is 447 g/mol. The van der Waals surface area contributed by atoms with Gasteiger partial charge in [-0.25, -0.2) is 4.31 Å². The molecular weight excluding hydrogens is 426 g/mol. The van der Waals surface area contributed by atoms with E-state index in [0.29, 0.717) is 27.9 Å². The van der Waals surface area contributed by atoms with Crippen LogP contribution in [-0.2, 0) is 16.8 Å². The van der Waals surface area contributed by atoms with E-state index in [1.54, 1.807) is 38.3 Å². The molecule has 1 fully saturated rings. The Hall–Kier alpha value is -2.55. The molecule has 0 spiro atoms. The van der Waals surface area contributed by atoms with Crippen LogP contribution in [0.25, 0.3) is 0 Å². The second-order valence-electron chi connectivity index (χ2n) is 7.17. The molecule has 3 aromatic rings. The minimum absolute atomic E-state index is 0.189. The standard InChI is InChI=1S/C21H22ClN3O4S/c1-14-20(15(2)29-23-14)12-24-13-21(16-5-4-6-19(11-16)28-3)25(30(24,26)27)18-9-7-17(22)8-10-18/h4-11,21H,12-13H2,1-3H3. The lowest BCUT2D eigenvalue weighted by atomic mass is 10.1. The number of halogens is 1. The number of hydrogen-bond acceptors (Lipinski definition) is 5. The van der Waals surface area contributed by atoms with Crippen molar-refractivity contribution in [1.82, 2.24) is 9.46 Å². The van der Waals surface area contributed by atoms with Gasteiger partial charge in [-0.3, -0.25) is 0 Å². The van der Waals surface area contributed by atoms with Crippen LogP contribution in [0.4, 0.5) is 5.69 Å². The smallest absolute Gasteiger partial charge is 0.305 e. The van der Waals surface area contributed by atoms with Gasteiger partial charge in [0, 0.05) is 23.7 Å². The van der Waals surface area contributed by atoms with Crippen LogP contribution in [0.2, 0.25) is 5.02 Å². The van der Waals surface area contributed by atoms with Crippen molar-refractivity contribution in [2.75, 3.05) is 18.0 Å². The summed E-state index contributed by atoms with van der Waals surface area (Å²) in [6.45, 7) is 4.07. The molecule has 2 aromatic carbocycles. The first-order valence-corrected chi connectivity index (χ1v) is 11.2. The lowest BCUT2D eigenvalue weighted by Gasteiger charge is -2.25. The fraction of sp³-hybridized carbons (Fsp3) is 0.286. The van der Waals surface area contributed by atoms with Gasteiger partial charge in [-0.1, -0.05) is 28.9 Å². The van der Waals surface area contributed by atoms with Crippen LogP contribution in [0, 0.1) is 13.8 Å². The molecule has 1 saturated heterocycles. The normalized spacial score (nSPS) is 18.7. The third-order valence-corrected chi connectivity index (χ3v) is 7.46. The van der Waals surface area contributed by atoms with Crippen molar-refractivity contribution in [3.05, 3.63) is 76.1 Å². The van der Waals surface area contributed by atoms with Gasteiger partial charge in [0.15, 0.2) is 0 Å². The minimum Gasteiger partial charge on any atom is -0.497 e. The molecule has 1 aliphatic heterocycles. The van der Waals surface area contributed by atoms with Crippen LogP contribution in [-0.4, -0.2) is 31.5 Å². The summed E-state index contributed by atoms with van der Waals surface area (Å²) in [5, 5.41) is 4.49. The Bertz CT molecular complexity index is 1140. The first kappa shape index (κ1) is 20.7. The van der Waals surface area contributed by atoms with E-state index in [4.69, 9.17) is 20.9 Å². The molecule has 0 radical (unpaired) electrons. The molecule has 0 aliphatic carbocycles. The fourth-order valence-corrected chi connectivity index (χ4v) is 5.58. The van der Waals surface area contributed by atoms with Crippen LogP contribution in [0.5, 0.6) is 5.75 Å². The van der Waals surface area contributed by atoms with Crippen molar-refractivity contribution in [2.45, 2.75) is 26.4 Å². The topological polar surface area (TPSA) is 75.9 Å². The van der Waals surface area contributed by atoms with Crippen molar-refractivity contribution in [2.24, 2.45) is 0 Å². The number of rotatable bonds is 5. The maximum atomic E-state index is 13.6. The summed E-state index contributed by atoms with van der Waals surface area (Å²) in [5.74, 6) is 1.29. The predicted octanol–water partition coefficient (Wildman–Crippen LogP) is 4.26. The summed E-state index contributed by atoms with van der Waals surface area (Å²) in [5.41, 5.74) is 2.86. The molecule has 4 rings (SSSR count). The van der Waals surface area contributed by atoms with E-state index in [-0.39, 0.29) is 13.1 Å². The van der Waals surface area contributed by atoms with Crippen molar-refractivity contribution >= 4 is 27.5 Å². The molecule has 0 amide bonds. The van der Waals surface area contributed by atoms with Gasteiger partial charge in [0.25, 0.3) is 0 Å². The van der Waals surface area contributed by atoms with Crippen molar-refractivity contribution in [3.63, 3.8) is 0 Å². The molecule has 0 N–H and O–H groups in total. The third kappa shape index (κ3) is 3.66. The first-order chi connectivity index (χ1) is 14.3. The Kier molecular flexibility index (Phi) is 5.48. The lowest BCUT2D eigenvalue weighted by Crippen LogP contribution is -2.33. The van der Waals surface area contributed by atoms with E-state index in [2.05, 4.69) is 5.16 Å². The molecule has 158 valence electrons. The molecule has 2 heterocycles. The quantitative estimate of drug-likeness (QED) is 0.584. The Morgan fingerprint density at radius 2 is 1.93 bits per heavy atom. The average Bonchev–Trinajstić information content (AvgIpc) is 3.19. The van der Waals surface area contributed by atoms with Crippen molar-refractivity contribution in [3.8, 4) is 5.75 Å². The second-order valence-corrected chi connectivity index (χ2v) is 9.41. The number of aryl methyl sites for hydroxylation is 2. The van der Waals surface area contributed by atoms with Crippen LogP contribution in [0.15, 0.2) is 53.1 Å². The Labute approximate surface area is 181 Å². The zero-order chi connectivity index (χ0) is 21.5. The predicted molar refractivity (Wildman–Crippen MR) is 115 cm³/mol. The molecule has 1 atom stereocenters. The van der Waals surface area contributed by atoms with Gasteiger partial charge >= 0.3 is 10.2 Å². The van der Waals surface area contributed by atoms with Gasteiger partial charge in [-0.15, -0.1) is 0 Å². The summed E-state index contributed by atoms with van der Waals surface area (Å²) < 4.78 is 40.7. The number of methoxy groups -OCH3 is 1. The average molecular weight is 448 g/mol. The number of hydrogen-bond donors (Lipinski definition) is 0. The maximum absolute atomic E-state index is 13.6. The van der Waals surface area contributed by atoms with Gasteiger partial charge in [0.2, 0.25) is 0 Å². The van der Waals surface area contributed by atoms with Crippen molar-refractivity contribution in [1.29, 1.82) is 0 Å². The van der Waals surface area contributed by atoms with Crippen LogP contribution in [0.1, 0.15) is 28.6 Å². The van der Waals surface area contributed by atoms with Crippen LogP contribution >= 0.6 is 11.6 Å². The van der Waals surface area contributed by atoms with E-state index in [1.807, 2.05) is 31.2 Å². The highest BCUT2D eigenvalue weighted by Gasteiger charge is 2.45. The molecule has 30 heavy (non-hydrogen) atoms. The Balaban J connectivity index is 1.79. The Morgan fingerprint density at radius 1 is 1.20 bits per heavy atom. The Morgan fingerprint density at radius 3 is 2.57 bits per heavy atom. The van der Waals surface area contributed by atoms with E-state index in [0.717, 1.165) is 11.1 Å². The molecule has 7 nitrogen and oxygen atoms in total. The zero-order valence-corrected chi connectivity index (χ0v) is 18.4. The van der Waals surface area contributed by atoms with E-state index in [9.17, 15) is 8.42 Å². The van der Waals surface area contributed by atoms with Gasteiger partial charge in [0.05, 0.1) is 24.5 Å². The van der Waals surface area contributed by atoms with E-state index in [1.165, 1.54) is 8.61 Å². The maximum Gasteiger partial charge on any atom is 0.305 e. The van der Waals surface area contributed by atoms with E-state index >= 15 is 0 Å². The molecule has 0 bridgehead atoms. The third-order valence-electron chi connectivity index (χ3n) is 5.31. The van der Waals surface area contributed by atoms with Gasteiger partial charge in [-0.05, 0) is 55.8 Å². The van der Waals surface area contributed by atoms with Crippen LogP contribution in [0.3, 0.4) is 0 Å². The van der Waals surface area contributed by atoms with Gasteiger partial charge in [-0.2, -0.15) is 12.7 Å². The zero-order valence-electron chi connectivity index (χ0n) is 16.9. The van der Waals surface area contributed by atoms with Crippen molar-refractivity contribution < 1.29 is 17.7 Å². The number of nitrogens with zero attached hydrogens (tertiary/aromatic N) is 3. The highest BCUT2D eigenvalue weighted by Crippen LogP contribution is 2.40. The fourth-order valence-electron chi connectivity index (χ4n) is 3.69. The minimum atomic E-state index is -3.81. The number of benzene rings is 2. The highest BCUT2D eigenvalue weighted by molar-refractivity contribution is 7.90. The van der Waals surface area contributed by atoms with Crippen LogP contribution < -0.4 is 9.04 Å². The summed E-state index contributed by atoms with van der Waals surface area (Å²) in [6, 6.07) is 13.8. The number of aromatic nitrogens is 1. The summed E-state index contributed by atoms with van der Waals surface area (Å²) in [6.07, 6.45) is 0. The summed E-state index contributed by atoms with van der Waals surface area (Å²) in [7, 11) is -2.22. The summed E-state index contributed by atoms with van der Waals surface area (Å²) in [4.78, 5) is 0. The molecule has 9 heteroatoms. The largest absolute Gasteiger partial charge is 0.497 e. The molecule has 0 saturated carbocycles. The molecule has 1 aliphatic rings. The van der Waals surface area contributed by atoms with E-state index < -0.39 is 16.3 Å². The number of anilines is 1. The SMILES string of the molecule is COc1cccc(C2CN(Cc3c(C)noc3C)S(=O)(=O)N2c2ccc(Cl)cc2)c1. The highest BCUT2D eigenvalue weighted by atomic mass is 35.5. The lowest BCUT2D eigenvalue weighted by molar-refractivity contribution is 0.387.